The van der Waals surface area contributed by atoms with Crippen molar-refractivity contribution in [3.8, 4) is 22.3 Å². The lowest BCUT2D eigenvalue weighted by atomic mass is 9.90. The SMILES string of the molecule is c1cc2c3c(cc4c5c(ccc4c3c1)Cc1cc3c(cc1-5)Cc1ccc4c(cc5c6c(cccc64)CC5)c1-3)CC2. The van der Waals surface area contributed by atoms with Crippen molar-refractivity contribution < 1.29 is 0 Å². The lowest BCUT2D eigenvalue weighted by Crippen LogP contribution is -1.89. The zero-order valence-corrected chi connectivity index (χ0v) is 22.3. The smallest absolute Gasteiger partial charge is 0.00130 e. The van der Waals surface area contributed by atoms with E-state index in [4.69, 9.17) is 0 Å². The molecule has 0 heteroatoms. The van der Waals surface area contributed by atoms with Crippen LogP contribution in [0.25, 0.3) is 65.3 Å². The van der Waals surface area contributed by atoms with Crippen molar-refractivity contribution >= 4 is 43.1 Å². The average Bonchev–Trinajstić information content (AvgIpc) is 3.76. The van der Waals surface area contributed by atoms with Gasteiger partial charge in [0.2, 0.25) is 0 Å². The molecule has 0 N–H and O–H groups in total. The number of rotatable bonds is 0. The lowest BCUT2D eigenvalue weighted by molar-refractivity contribution is 1.03. The van der Waals surface area contributed by atoms with Gasteiger partial charge in [-0.15, -0.1) is 0 Å². The van der Waals surface area contributed by atoms with Crippen molar-refractivity contribution in [2.75, 3.05) is 0 Å². The van der Waals surface area contributed by atoms with Gasteiger partial charge in [-0.2, -0.15) is 0 Å². The third kappa shape index (κ3) is 2.33. The van der Waals surface area contributed by atoms with Gasteiger partial charge in [-0.25, -0.2) is 0 Å². The molecular formula is C40H26. The molecule has 0 unspecified atom stereocenters. The average molecular weight is 507 g/mol. The molecule has 0 fully saturated rings. The minimum Gasteiger partial charge on any atom is -0.0613 e. The van der Waals surface area contributed by atoms with E-state index in [-0.39, 0.29) is 0 Å². The summed E-state index contributed by atoms with van der Waals surface area (Å²) in [5.41, 5.74) is 18.1. The van der Waals surface area contributed by atoms with Gasteiger partial charge < -0.3 is 0 Å². The molecule has 0 amide bonds. The summed E-state index contributed by atoms with van der Waals surface area (Å²) in [6.45, 7) is 0. The van der Waals surface area contributed by atoms with Gasteiger partial charge in [-0.3, -0.25) is 0 Å². The van der Waals surface area contributed by atoms with Gasteiger partial charge in [0.05, 0.1) is 0 Å². The van der Waals surface area contributed by atoms with Crippen LogP contribution in [0.15, 0.2) is 84.9 Å². The molecule has 4 aliphatic carbocycles. The van der Waals surface area contributed by atoms with Crippen molar-refractivity contribution in [3.63, 3.8) is 0 Å². The first kappa shape index (κ1) is 20.5. The fourth-order valence-corrected chi connectivity index (χ4v) is 9.14. The first-order valence-corrected chi connectivity index (χ1v) is 14.9. The monoisotopic (exact) mass is 506 g/mol. The molecule has 186 valence electrons. The Kier molecular flexibility index (Phi) is 3.49. The van der Waals surface area contributed by atoms with Crippen LogP contribution in [0, 0.1) is 0 Å². The van der Waals surface area contributed by atoms with Gasteiger partial charge >= 0.3 is 0 Å². The largest absolute Gasteiger partial charge is 0.0613 e. The Labute approximate surface area is 232 Å². The number of hydrogen-bond donors (Lipinski definition) is 0. The van der Waals surface area contributed by atoms with Crippen molar-refractivity contribution in [2.45, 2.75) is 38.5 Å². The summed E-state index contributed by atoms with van der Waals surface area (Å²) in [5.74, 6) is 0. The Balaban J connectivity index is 1.17. The van der Waals surface area contributed by atoms with E-state index in [1.165, 1.54) is 124 Å². The molecule has 0 aromatic heterocycles. The molecule has 0 radical (unpaired) electrons. The lowest BCUT2D eigenvalue weighted by Gasteiger charge is -2.13. The van der Waals surface area contributed by atoms with Gasteiger partial charge in [0.15, 0.2) is 0 Å². The summed E-state index contributed by atoms with van der Waals surface area (Å²) in [4.78, 5) is 0. The Morgan fingerprint density at radius 1 is 0.325 bits per heavy atom. The van der Waals surface area contributed by atoms with Crippen LogP contribution in [0.5, 0.6) is 0 Å². The van der Waals surface area contributed by atoms with Gasteiger partial charge in [-0.05, 0) is 173 Å². The van der Waals surface area contributed by atoms with Crippen LogP contribution in [-0.2, 0) is 38.5 Å². The molecule has 40 heavy (non-hydrogen) atoms. The predicted octanol–water partition coefficient (Wildman–Crippen LogP) is 9.64. The molecule has 0 aliphatic heterocycles. The summed E-state index contributed by atoms with van der Waals surface area (Å²) in [6, 6.07) is 33.7. The van der Waals surface area contributed by atoms with Crippen LogP contribution in [0.4, 0.5) is 0 Å². The van der Waals surface area contributed by atoms with E-state index in [1.807, 2.05) is 0 Å². The topological polar surface area (TPSA) is 0 Å². The molecule has 0 saturated heterocycles. The molecule has 11 rings (SSSR count). The normalized spacial score (nSPS) is 15.4. The zero-order chi connectivity index (χ0) is 25.7. The second-order valence-electron chi connectivity index (χ2n) is 12.7. The molecule has 4 aliphatic rings. The highest BCUT2D eigenvalue weighted by atomic mass is 14.3. The standard InChI is InChI=1S/C40H26/c1-3-21-7-9-25-17-35-29(31(5-1)37(21)25)13-11-23-15-27-20-34-28(19-33(27)39(23)35)16-24-12-14-30-32-6-2-4-22-8-10-26(38(22)32)18-36(30)40(24)34/h1-6,11-14,17-20H,7-10,15-16H2. The van der Waals surface area contributed by atoms with Gasteiger partial charge in [0.25, 0.3) is 0 Å². The van der Waals surface area contributed by atoms with Crippen molar-refractivity contribution in [3.05, 3.63) is 129 Å². The van der Waals surface area contributed by atoms with E-state index in [2.05, 4.69) is 84.9 Å². The van der Waals surface area contributed by atoms with E-state index in [0.717, 1.165) is 12.8 Å². The van der Waals surface area contributed by atoms with Gasteiger partial charge in [0.1, 0.15) is 0 Å². The Hall–Kier alpha value is -4.42. The van der Waals surface area contributed by atoms with Crippen LogP contribution >= 0.6 is 0 Å². The maximum atomic E-state index is 2.57. The minimum absolute atomic E-state index is 1.04. The maximum Gasteiger partial charge on any atom is -0.00130 e. The summed E-state index contributed by atoms with van der Waals surface area (Å²) in [6.07, 6.45) is 6.79. The summed E-state index contributed by atoms with van der Waals surface area (Å²) < 4.78 is 0. The fraction of sp³-hybridized carbons (Fsp3) is 0.150. The van der Waals surface area contributed by atoms with Crippen molar-refractivity contribution in [2.24, 2.45) is 0 Å². The number of aryl methyl sites for hydroxylation is 4. The molecule has 0 heterocycles. The van der Waals surface area contributed by atoms with Gasteiger partial charge in [-0.1, -0.05) is 60.7 Å². The van der Waals surface area contributed by atoms with E-state index >= 15 is 0 Å². The highest BCUT2D eigenvalue weighted by Gasteiger charge is 2.29. The first-order chi connectivity index (χ1) is 19.8. The summed E-state index contributed by atoms with van der Waals surface area (Å²) >= 11 is 0. The summed E-state index contributed by atoms with van der Waals surface area (Å²) in [7, 11) is 0. The Morgan fingerprint density at radius 2 is 0.800 bits per heavy atom. The van der Waals surface area contributed by atoms with Gasteiger partial charge in [0, 0.05) is 0 Å². The second-order valence-corrected chi connectivity index (χ2v) is 12.7. The summed E-state index contributed by atoms with van der Waals surface area (Å²) in [5, 5.41) is 11.7. The minimum atomic E-state index is 1.04. The highest BCUT2D eigenvalue weighted by molar-refractivity contribution is 6.18. The maximum absolute atomic E-state index is 2.57. The Morgan fingerprint density at radius 3 is 1.30 bits per heavy atom. The molecular weight excluding hydrogens is 480 g/mol. The molecule has 0 nitrogen and oxygen atoms in total. The highest BCUT2D eigenvalue weighted by Crippen LogP contribution is 2.51. The number of hydrogen-bond acceptors (Lipinski definition) is 0. The fourth-order valence-electron chi connectivity index (χ4n) is 9.14. The van der Waals surface area contributed by atoms with Crippen LogP contribution in [0.2, 0.25) is 0 Å². The van der Waals surface area contributed by atoms with Crippen LogP contribution in [-0.4, -0.2) is 0 Å². The third-order valence-corrected chi connectivity index (χ3v) is 10.8. The first-order valence-electron chi connectivity index (χ1n) is 14.9. The third-order valence-electron chi connectivity index (χ3n) is 10.8. The molecule has 7 aromatic carbocycles. The Bertz CT molecular complexity index is 2200. The molecule has 0 bridgehead atoms. The van der Waals surface area contributed by atoms with Crippen LogP contribution < -0.4 is 0 Å². The molecule has 0 atom stereocenters. The zero-order valence-electron chi connectivity index (χ0n) is 22.3. The second kappa shape index (κ2) is 6.83. The predicted molar refractivity (Wildman–Crippen MR) is 168 cm³/mol. The van der Waals surface area contributed by atoms with Crippen LogP contribution in [0.3, 0.4) is 0 Å². The van der Waals surface area contributed by atoms with Crippen molar-refractivity contribution in [1.29, 1.82) is 0 Å². The molecule has 7 aromatic rings. The van der Waals surface area contributed by atoms with E-state index in [0.29, 0.717) is 0 Å². The van der Waals surface area contributed by atoms with E-state index in [9.17, 15) is 0 Å². The molecule has 0 spiro atoms. The van der Waals surface area contributed by atoms with Crippen molar-refractivity contribution in [1.82, 2.24) is 0 Å². The molecule has 0 saturated carbocycles. The van der Waals surface area contributed by atoms with Crippen LogP contribution in [0.1, 0.15) is 44.5 Å². The number of benzene rings is 7. The van der Waals surface area contributed by atoms with E-state index in [1.54, 1.807) is 11.1 Å². The quantitative estimate of drug-likeness (QED) is 0.180. The van der Waals surface area contributed by atoms with E-state index < -0.39 is 0 Å². The number of fused-ring (bicyclic) bond motifs is 12.